The summed E-state index contributed by atoms with van der Waals surface area (Å²) in [5.74, 6) is 0.118. The number of alkyl halides is 2. The van der Waals surface area contributed by atoms with Crippen molar-refractivity contribution in [1.82, 2.24) is 9.78 Å². The van der Waals surface area contributed by atoms with Crippen molar-refractivity contribution in [3.63, 3.8) is 0 Å². The Bertz CT molecular complexity index is 447. The predicted molar refractivity (Wildman–Crippen MR) is 48.0 cm³/mol. The molecule has 80 valence electrons. The molecule has 3 aliphatic rings. The maximum absolute atomic E-state index is 12.7. The van der Waals surface area contributed by atoms with Crippen LogP contribution < -0.4 is 0 Å². The van der Waals surface area contributed by atoms with Gasteiger partial charge in [0.15, 0.2) is 5.78 Å². The van der Waals surface area contributed by atoms with Crippen molar-refractivity contribution in [3.05, 3.63) is 17.0 Å². The van der Waals surface area contributed by atoms with Gasteiger partial charge < -0.3 is 0 Å². The summed E-state index contributed by atoms with van der Waals surface area (Å²) in [6.45, 7) is 0. The summed E-state index contributed by atoms with van der Waals surface area (Å²) in [6, 6.07) is 0. The average Bonchev–Trinajstić information content (AvgIpc) is 2.43. The van der Waals surface area contributed by atoms with E-state index in [-0.39, 0.29) is 28.9 Å². The van der Waals surface area contributed by atoms with Crippen molar-refractivity contribution in [2.24, 2.45) is 13.0 Å². The van der Waals surface area contributed by atoms with Crippen molar-refractivity contribution in [2.45, 2.75) is 25.2 Å². The number of ketones is 1. The van der Waals surface area contributed by atoms with Crippen LogP contribution in [0.1, 0.15) is 46.9 Å². The molecule has 5 heteroatoms. The van der Waals surface area contributed by atoms with E-state index in [0.717, 1.165) is 18.5 Å². The molecular weight excluding hydrogens is 202 g/mol. The Labute approximate surface area is 85.1 Å². The second kappa shape index (κ2) is 2.65. The first-order valence-electron chi connectivity index (χ1n) is 4.98. The minimum atomic E-state index is -2.65. The highest BCUT2D eigenvalue weighted by Crippen LogP contribution is 2.51. The maximum atomic E-state index is 12.7. The molecule has 0 saturated heterocycles. The van der Waals surface area contributed by atoms with Gasteiger partial charge in [-0.05, 0) is 12.8 Å². The lowest BCUT2D eigenvalue weighted by Crippen LogP contribution is -2.37. The zero-order chi connectivity index (χ0) is 10.7. The fourth-order valence-electron chi connectivity index (χ4n) is 2.69. The second-order valence-electron chi connectivity index (χ2n) is 4.30. The van der Waals surface area contributed by atoms with Crippen molar-refractivity contribution >= 4 is 5.78 Å². The van der Waals surface area contributed by atoms with Gasteiger partial charge in [-0.1, -0.05) is 0 Å². The van der Waals surface area contributed by atoms with Gasteiger partial charge in [-0.15, -0.1) is 0 Å². The van der Waals surface area contributed by atoms with Gasteiger partial charge in [0.25, 0.3) is 6.43 Å². The molecule has 0 aromatic carbocycles. The topological polar surface area (TPSA) is 34.9 Å². The molecule has 0 radical (unpaired) electrons. The molecule has 1 aromatic heterocycles. The first-order valence-corrected chi connectivity index (χ1v) is 4.98. The Morgan fingerprint density at radius 3 is 2.67 bits per heavy atom. The predicted octanol–water partition coefficient (Wildman–Crippen LogP) is 2.05. The van der Waals surface area contributed by atoms with Gasteiger partial charge in [0.05, 0.1) is 11.3 Å². The van der Waals surface area contributed by atoms with Crippen LogP contribution in [-0.4, -0.2) is 15.6 Å². The quantitative estimate of drug-likeness (QED) is 0.714. The van der Waals surface area contributed by atoms with E-state index in [9.17, 15) is 13.6 Å². The van der Waals surface area contributed by atoms with Gasteiger partial charge in [-0.25, -0.2) is 8.78 Å². The molecule has 0 N–H and O–H groups in total. The maximum Gasteiger partial charge on any atom is 0.282 e. The number of hydrogen-bond acceptors (Lipinski definition) is 2. The first kappa shape index (κ1) is 9.00. The average molecular weight is 212 g/mol. The van der Waals surface area contributed by atoms with Gasteiger partial charge in [-0.2, -0.15) is 5.10 Å². The van der Waals surface area contributed by atoms with E-state index in [1.807, 2.05) is 0 Å². The summed E-state index contributed by atoms with van der Waals surface area (Å²) in [6.07, 6.45) is -1.02. The summed E-state index contributed by atoms with van der Waals surface area (Å²) in [5.41, 5.74) is 0.602. The van der Waals surface area contributed by atoms with Crippen LogP contribution in [0.3, 0.4) is 0 Å². The smallest absolute Gasteiger partial charge is 0.282 e. The van der Waals surface area contributed by atoms with Gasteiger partial charge >= 0.3 is 0 Å². The first-order chi connectivity index (χ1) is 7.09. The summed E-state index contributed by atoms with van der Waals surface area (Å²) < 4.78 is 26.8. The van der Waals surface area contributed by atoms with Gasteiger partial charge in [0, 0.05) is 18.9 Å². The number of nitrogens with zero attached hydrogens (tertiary/aromatic N) is 2. The van der Waals surface area contributed by atoms with Gasteiger partial charge in [0.2, 0.25) is 0 Å². The highest BCUT2D eigenvalue weighted by Gasteiger charge is 2.47. The van der Waals surface area contributed by atoms with Crippen LogP contribution in [0.5, 0.6) is 0 Å². The van der Waals surface area contributed by atoms with Crippen molar-refractivity contribution in [2.75, 3.05) is 0 Å². The van der Waals surface area contributed by atoms with Crippen LogP contribution in [0.4, 0.5) is 8.78 Å². The Morgan fingerprint density at radius 1 is 1.40 bits per heavy atom. The minimum Gasteiger partial charge on any atom is -0.294 e. The van der Waals surface area contributed by atoms with E-state index >= 15 is 0 Å². The SMILES string of the molecule is Cn1nc(C(F)F)c2c1C1CC(C1)C2=O. The Balaban J connectivity index is 2.23. The summed E-state index contributed by atoms with van der Waals surface area (Å²) in [4.78, 5) is 11.8. The minimum absolute atomic E-state index is 0.0239. The molecule has 0 spiro atoms. The standard InChI is InChI=1S/C10H10F2N2O/c1-14-8-4-2-5(3-4)9(15)6(8)7(13-14)10(11)12/h4-5,10H,2-3H2,1H3. The molecule has 15 heavy (non-hydrogen) atoms. The van der Waals surface area contributed by atoms with Crippen molar-refractivity contribution < 1.29 is 13.6 Å². The van der Waals surface area contributed by atoms with Crippen molar-refractivity contribution in [3.8, 4) is 0 Å². The Kier molecular flexibility index (Phi) is 1.59. The molecule has 1 heterocycles. The van der Waals surface area contributed by atoms with E-state index < -0.39 is 6.43 Å². The molecule has 1 saturated carbocycles. The van der Waals surface area contributed by atoms with Crippen LogP contribution >= 0.6 is 0 Å². The molecule has 0 unspecified atom stereocenters. The van der Waals surface area contributed by atoms with Crippen LogP contribution in [0, 0.1) is 5.92 Å². The molecular formula is C10H10F2N2O. The lowest BCUT2D eigenvalue weighted by atomic mass is 9.63. The molecule has 4 rings (SSSR count). The molecule has 1 aromatic rings. The fraction of sp³-hybridized carbons (Fsp3) is 0.600. The van der Waals surface area contributed by atoms with Crippen LogP contribution in [0.2, 0.25) is 0 Å². The Hall–Kier alpha value is -1.26. The number of rotatable bonds is 1. The van der Waals surface area contributed by atoms with E-state index in [0.29, 0.717) is 0 Å². The largest absolute Gasteiger partial charge is 0.294 e. The van der Waals surface area contributed by atoms with E-state index in [2.05, 4.69) is 5.10 Å². The van der Waals surface area contributed by atoms with Crippen LogP contribution in [0.15, 0.2) is 0 Å². The Morgan fingerprint density at radius 2 is 2.07 bits per heavy atom. The number of halogens is 2. The van der Waals surface area contributed by atoms with Gasteiger partial charge in [-0.3, -0.25) is 9.48 Å². The lowest BCUT2D eigenvalue weighted by Gasteiger charge is -2.39. The number of carbonyl (C=O) groups excluding carboxylic acids is 1. The van der Waals surface area contributed by atoms with Crippen molar-refractivity contribution in [1.29, 1.82) is 0 Å². The third-order valence-electron chi connectivity index (χ3n) is 3.47. The van der Waals surface area contributed by atoms with Gasteiger partial charge in [0.1, 0.15) is 5.69 Å². The zero-order valence-corrected chi connectivity index (χ0v) is 8.20. The van der Waals surface area contributed by atoms with E-state index in [1.54, 1.807) is 7.05 Å². The summed E-state index contributed by atoms with van der Waals surface area (Å²) in [5, 5.41) is 3.77. The molecule has 0 amide bonds. The number of carbonyl (C=O) groups is 1. The molecule has 1 fully saturated rings. The monoisotopic (exact) mass is 212 g/mol. The third kappa shape index (κ3) is 0.979. The molecule has 0 aliphatic heterocycles. The number of hydrogen-bond donors (Lipinski definition) is 0. The second-order valence-corrected chi connectivity index (χ2v) is 4.30. The number of aromatic nitrogens is 2. The molecule has 2 bridgehead atoms. The summed E-state index contributed by atoms with van der Waals surface area (Å²) >= 11 is 0. The highest BCUT2D eigenvalue weighted by molar-refractivity contribution is 6.02. The summed E-state index contributed by atoms with van der Waals surface area (Å²) in [7, 11) is 1.64. The normalized spacial score (nSPS) is 27.9. The molecule has 3 nitrogen and oxygen atoms in total. The third-order valence-corrected chi connectivity index (χ3v) is 3.47. The van der Waals surface area contributed by atoms with E-state index in [4.69, 9.17) is 0 Å². The van der Waals surface area contributed by atoms with E-state index in [1.165, 1.54) is 4.68 Å². The lowest BCUT2D eigenvalue weighted by molar-refractivity contribution is 0.0774. The zero-order valence-electron chi connectivity index (χ0n) is 8.20. The number of aryl methyl sites for hydroxylation is 1. The van der Waals surface area contributed by atoms with Crippen LogP contribution in [0.25, 0.3) is 0 Å². The van der Waals surface area contributed by atoms with Crippen LogP contribution in [-0.2, 0) is 7.05 Å². The molecule has 3 aliphatic carbocycles. The number of Topliss-reactive ketones (excluding diaryl/α,β-unsaturated/α-hetero) is 1. The highest BCUT2D eigenvalue weighted by atomic mass is 19.3. The fourth-order valence-corrected chi connectivity index (χ4v) is 2.69. The molecule has 0 atom stereocenters.